The van der Waals surface area contributed by atoms with Crippen LogP contribution in [0.5, 0.6) is 0 Å². The van der Waals surface area contributed by atoms with E-state index in [1.54, 1.807) is 6.07 Å². The normalized spacial score (nSPS) is 18.2. The van der Waals surface area contributed by atoms with Crippen molar-refractivity contribution in [2.75, 3.05) is 0 Å². The number of amidine groups is 1. The third kappa shape index (κ3) is 1.03. The fourth-order valence-corrected chi connectivity index (χ4v) is 1.74. The van der Waals surface area contributed by atoms with Gasteiger partial charge in [-0.2, -0.15) is 0 Å². The van der Waals surface area contributed by atoms with Crippen LogP contribution < -0.4 is 5.32 Å². The first-order chi connectivity index (χ1) is 6.02. The van der Waals surface area contributed by atoms with Crippen molar-refractivity contribution in [3.63, 3.8) is 0 Å². The van der Waals surface area contributed by atoms with Crippen molar-refractivity contribution in [3.05, 3.63) is 35.1 Å². The average Bonchev–Trinajstić information content (AvgIpc) is 2.24. The average molecular weight is 178 g/mol. The molecule has 3 heteroatoms. The van der Waals surface area contributed by atoms with Gasteiger partial charge in [-0.1, -0.05) is 12.1 Å². The molecule has 0 atom stereocenters. The zero-order valence-corrected chi connectivity index (χ0v) is 7.61. The van der Waals surface area contributed by atoms with E-state index in [1.165, 1.54) is 6.07 Å². The molecule has 1 aromatic carbocycles. The summed E-state index contributed by atoms with van der Waals surface area (Å²) in [4.78, 5) is 0. The first-order valence-corrected chi connectivity index (χ1v) is 4.18. The maximum Gasteiger partial charge on any atom is 0.134 e. The summed E-state index contributed by atoms with van der Waals surface area (Å²) in [5.41, 5.74) is 0.944. The van der Waals surface area contributed by atoms with Gasteiger partial charge in [0.15, 0.2) is 0 Å². The van der Waals surface area contributed by atoms with Crippen molar-refractivity contribution in [1.29, 1.82) is 5.41 Å². The van der Waals surface area contributed by atoms with Crippen LogP contribution in [-0.4, -0.2) is 5.84 Å². The summed E-state index contributed by atoms with van der Waals surface area (Å²) in [6.45, 7) is 3.87. The van der Waals surface area contributed by atoms with E-state index in [4.69, 9.17) is 5.41 Å². The molecule has 2 rings (SSSR count). The van der Waals surface area contributed by atoms with Crippen molar-refractivity contribution >= 4 is 5.84 Å². The van der Waals surface area contributed by atoms with Gasteiger partial charge in [0, 0.05) is 0 Å². The molecule has 68 valence electrons. The number of nitrogens with one attached hydrogen (secondary N) is 2. The molecule has 0 aliphatic carbocycles. The highest BCUT2D eigenvalue weighted by Gasteiger charge is 2.34. The van der Waals surface area contributed by atoms with Crippen molar-refractivity contribution in [2.45, 2.75) is 19.4 Å². The predicted molar refractivity (Wildman–Crippen MR) is 49.4 cm³/mol. The molecule has 1 aromatic rings. The monoisotopic (exact) mass is 178 g/mol. The fraction of sp³-hybridized carbons (Fsp3) is 0.300. The third-order valence-electron chi connectivity index (χ3n) is 2.37. The number of hydrogen-bond donors (Lipinski definition) is 2. The number of halogens is 1. The van der Waals surface area contributed by atoms with E-state index in [0.29, 0.717) is 5.56 Å². The molecule has 1 heterocycles. The Labute approximate surface area is 76.3 Å². The highest BCUT2D eigenvalue weighted by atomic mass is 19.1. The zero-order chi connectivity index (χ0) is 9.64. The van der Waals surface area contributed by atoms with Gasteiger partial charge in [0.2, 0.25) is 0 Å². The van der Waals surface area contributed by atoms with Crippen LogP contribution in [0, 0.1) is 11.2 Å². The molecule has 0 unspecified atom stereocenters. The number of rotatable bonds is 0. The number of benzene rings is 1. The molecule has 0 saturated heterocycles. The Morgan fingerprint density at radius 3 is 2.69 bits per heavy atom. The third-order valence-corrected chi connectivity index (χ3v) is 2.37. The van der Waals surface area contributed by atoms with Gasteiger partial charge >= 0.3 is 0 Å². The molecule has 13 heavy (non-hydrogen) atoms. The lowest BCUT2D eigenvalue weighted by atomic mass is 9.94. The Hall–Kier alpha value is -1.38. The summed E-state index contributed by atoms with van der Waals surface area (Å²) in [5.74, 6) is -0.140. The van der Waals surface area contributed by atoms with Crippen molar-refractivity contribution < 1.29 is 4.39 Å². The molecule has 0 bridgehead atoms. The van der Waals surface area contributed by atoms with Crippen molar-refractivity contribution in [2.24, 2.45) is 0 Å². The van der Waals surface area contributed by atoms with Gasteiger partial charge in [0.25, 0.3) is 0 Å². The fourth-order valence-electron chi connectivity index (χ4n) is 1.74. The Kier molecular flexibility index (Phi) is 1.46. The van der Waals surface area contributed by atoms with Crippen LogP contribution in [0.2, 0.25) is 0 Å². The molecule has 0 radical (unpaired) electrons. The van der Waals surface area contributed by atoms with Gasteiger partial charge in [-0.15, -0.1) is 0 Å². The lowest BCUT2D eigenvalue weighted by molar-refractivity contribution is 0.503. The first kappa shape index (κ1) is 8.23. The second kappa shape index (κ2) is 2.31. The molecule has 0 amide bonds. The standard InChI is InChI=1S/C10H11FN2/c1-10(2)6-4-3-5-7(11)8(6)9(12)13-10/h3-5H,1-2H3,(H2,12,13). The lowest BCUT2D eigenvalue weighted by Crippen LogP contribution is -2.32. The highest BCUT2D eigenvalue weighted by molar-refractivity contribution is 6.01. The van der Waals surface area contributed by atoms with E-state index in [1.807, 2.05) is 19.9 Å². The molecule has 1 aliphatic heterocycles. The number of hydrogen-bond acceptors (Lipinski definition) is 1. The molecule has 1 aliphatic rings. The Balaban J connectivity index is 2.72. The summed E-state index contributed by atoms with van der Waals surface area (Å²) in [6.07, 6.45) is 0. The van der Waals surface area contributed by atoms with Crippen LogP contribution in [0.15, 0.2) is 18.2 Å². The smallest absolute Gasteiger partial charge is 0.134 e. The second-order valence-corrected chi connectivity index (χ2v) is 3.79. The quantitative estimate of drug-likeness (QED) is 0.626. The summed E-state index contributed by atoms with van der Waals surface area (Å²) in [7, 11) is 0. The van der Waals surface area contributed by atoms with E-state index in [0.717, 1.165) is 5.56 Å². The molecule has 0 spiro atoms. The van der Waals surface area contributed by atoms with Crippen LogP contribution in [0.1, 0.15) is 25.0 Å². The highest BCUT2D eigenvalue weighted by Crippen LogP contribution is 2.31. The number of fused-ring (bicyclic) bond motifs is 1. The molecule has 0 aromatic heterocycles. The van der Waals surface area contributed by atoms with Gasteiger partial charge < -0.3 is 5.32 Å². The topological polar surface area (TPSA) is 35.9 Å². The largest absolute Gasteiger partial charge is 0.361 e. The van der Waals surface area contributed by atoms with Crippen LogP contribution in [0.3, 0.4) is 0 Å². The van der Waals surface area contributed by atoms with E-state index in [9.17, 15) is 4.39 Å². The molecular weight excluding hydrogens is 167 g/mol. The summed E-state index contributed by atoms with van der Waals surface area (Å²) >= 11 is 0. The summed E-state index contributed by atoms with van der Waals surface area (Å²) in [5, 5.41) is 10.5. The van der Waals surface area contributed by atoms with Crippen molar-refractivity contribution in [3.8, 4) is 0 Å². The molecule has 2 nitrogen and oxygen atoms in total. The van der Waals surface area contributed by atoms with E-state index in [2.05, 4.69) is 5.32 Å². The van der Waals surface area contributed by atoms with Crippen LogP contribution in [-0.2, 0) is 5.54 Å². The van der Waals surface area contributed by atoms with Gasteiger partial charge in [0.1, 0.15) is 11.7 Å². The van der Waals surface area contributed by atoms with Crippen LogP contribution >= 0.6 is 0 Å². The van der Waals surface area contributed by atoms with E-state index < -0.39 is 0 Å². The van der Waals surface area contributed by atoms with Gasteiger partial charge in [0.05, 0.1) is 11.1 Å². The minimum absolute atomic E-state index is 0.179. The second-order valence-electron chi connectivity index (χ2n) is 3.79. The minimum atomic E-state index is -0.325. The maximum absolute atomic E-state index is 13.3. The maximum atomic E-state index is 13.3. The minimum Gasteiger partial charge on any atom is -0.361 e. The SMILES string of the molecule is CC1(C)NC(=N)c2c(F)cccc21. The molecule has 0 fully saturated rings. The summed E-state index contributed by atoms with van der Waals surface area (Å²) < 4.78 is 13.3. The summed E-state index contributed by atoms with van der Waals surface area (Å²) in [6, 6.07) is 4.92. The molecular formula is C10H11FN2. The Bertz CT molecular complexity index is 383. The Morgan fingerprint density at radius 2 is 2.08 bits per heavy atom. The zero-order valence-electron chi connectivity index (χ0n) is 7.61. The van der Waals surface area contributed by atoms with Crippen molar-refractivity contribution in [1.82, 2.24) is 5.32 Å². The van der Waals surface area contributed by atoms with Crippen LogP contribution in [0.25, 0.3) is 0 Å². The van der Waals surface area contributed by atoms with Gasteiger partial charge in [-0.05, 0) is 25.5 Å². The van der Waals surface area contributed by atoms with Gasteiger partial charge in [-0.3, -0.25) is 5.41 Å². The van der Waals surface area contributed by atoms with Gasteiger partial charge in [-0.25, -0.2) is 4.39 Å². The van der Waals surface area contributed by atoms with E-state index >= 15 is 0 Å². The van der Waals surface area contributed by atoms with E-state index in [-0.39, 0.29) is 17.2 Å². The first-order valence-electron chi connectivity index (χ1n) is 4.18. The Morgan fingerprint density at radius 1 is 1.38 bits per heavy atom. The molecule has 0 saturated carbocycles. The van der Waals surface area contributed by atoms with Crippen LogP contribution in [0.4, 0.5) is 4.39 Å². The predicted octanol–water partition coefficient (Wildman–Crippen LogP) is 1.99. The lowest BCUT2D eigenvalue weighted by Gasteiger charge is -2.19. The molecule has 2 N–H and O–H groups in total.